The van der Waals surface area contributed by atoms with Gasteiger partial charge in [0.05, 0.1) is 6.61 Å². The van der Waals surface area contributed by atoms with E-state index in [0.29, 0.717) is 13.0 Å². The highest BCUT2D eigenvalue weighted by molar-refractivity contribution is 8.60. The Bertz CT molecular complexity index is 427. The van der Waals surface area contributed by atoms with Gasteiger partial charge in [-0.05, 0) is 18.2 Å². The highest BCUT2D eigenvalue weighted by Crippen LogP contribution is 2.58. The number of hydrogen-bond acceptors (Lipinski definition) is 6. The van der Waals surface area contributed by atoms with Crippen LogP contribution < -0.4 is 6.15 Å². The Morgan fingerprint density at radius 3 is 1.93 bits per heavy atom. The number of carbonyl (C=O) groups is 1. The van der Waals surface area contributed by atoms with Crippen molar-refractivity contribution in [3.05, 3.63) is 0 Å². The Morgan fingerprint density at radius 2 is 1.48 bits per heavy atom. The van der Waals surface area contributed by atoms with Crippen molar-refractivity contribution in [3.8, 4) is 0 Å². The lowest BCUT2D eigenvalue weighted by atomic mass is 10.0. The summed E-state index contributed by atoms with van der Waals surface area (Å²) in [4.78, 5) is 11.7. The molecule has 5 nitrogen and oxygen atoms in total. The molecule has 1 aliphatic rings. The minimum Gasteiger partial charge on any atom is -0.463 e. The number of thiol groups is 1. The Balaban J connectivity index is 0.00000676. The number of esters is 1. The first-order valence-corrected chi connectivity index (χ1v) is 14.1. The maximum absolute atomic E-state index is 11.7. The van der Waals surface area contributed by atoms with Gasteiger partial charge in [0.1, 0.15) is 12.7 Å². The van der Waals surface area contributed by atoms with E-state index < -0.39 is 5.69 Å². The molecule has 2 unspecified atom stereocenters. The lowest BCUT2D eigenvalue weighted by molar-refractivity contribution is -0.145. The van der Waals surface area contributed by atoms with Crippen LogP contribution in [-0.4, -0.2) is 25.3 Å². The Labute approximate surface area is 176 Å². The van der Waals surface area contributed by atoms with Gasteiger partial charge in [0.25, 0.3) is 0 Å². The molecule has 0 spiro atoms. The molecule has 1 aliphatic heterocycles. The van der Waals surface area contributed by atoms with Crippen molar-refractivity contribution in [1.29, 1.82) is 0 Å². The maximum Gasteiger partial charge on any atom is 0.305 e. The smallest absolute Gasteiger partial charge is 0.305 e. The van der Waals surface area contributed by atoms with Gasteiger partial charge in [-0.15, -0.1) is 0 Å². The molecule has 1 saturated heterocycles. The van der Waals surface area contributed by atoms with Crippen molar-refractivity contribution in [3.63, 3.8) is 0 Å². The Morgan fingerprint density at radius 1 is 1.00 bits per heavy atom. The van der Waals surface area contributed by atoms with Crippen LogP contribution in [0.15, 0.2) is 0 Å². The molecule has 0 radical (unpaired) electrons. The van der Waals surface area contributed by atoms with Gasteiger partial charge in [0.2, 0.25) is 5.69 Å². The summed E-state index contributed by atoms with van der Waals surface area (Å²) in [6, 6.07) is 0. The lowest BCUT2D eigenvalue weighted by Gasteiger charge is -2.10. The molecular formula is C19H40NO4PS2. The molecule has 1 heterocycles. The summed E-state index contributed by atoms with van der Waals surface area (Å²) < 4.78 is 15.9. The van der Waals surface area contributed by atoms with Crippen LogP contribution >= 0.6 is 17.9 Å². The van der Waals surface area contributed by atoms with Crippen molar-refractivity contribution in [1.82, 2.24) is 6.15 Å². The summed E-state index contributed by atoms with van der Waals surface area (Å²) >= 11 is 9.15. The molecular weight excluding hydrogens is 401 g/mol. The molecule has 27 heavy (non-hydrogen) atoms. The monoisotopic (exact) mass is 441 g/mol. The van der Waals surface area contributed by atoms with Crippen LogP contribution in [-0.2, 0) is 30.4 Å². The zero-order chi connectivity index (χ0) is 19.1. The zero-order valence-electron chi connectivity index (χ0n) is 17.0. The second kappa shape index (κ2) is 17.2. The molecule has 1 rings (SSSR count). The van der Waals surface area contributed by atoms with E-state index in [9.17, 15) is 4.79 Å². The van der Waals surface area contributed by atoms with Gasteiger partial charge >= 0.3 is 5.97 Å². The van der Waals surface area contributed by atoms with E-state index in [1.54, 1.807) is 0 Å². The summed E-state index contributed by atoms with van der Waals surface area (Å²) in [5.74, 6) is -0.156. The molecule has 0 aromatic heterocycles. The summed E-state index contributed by atoms with van der Waals surface area (Å²) in [5.41, 5.74) is -2.37. The molecule has 0 aromatic carbocycles. The topological polar surface area (TPSA) is 79.8 Å². The van der Waals surface area contributed by atoms with Crippen molar-refractivity contribution in [2.24, 2.45) is 0 Å². The van der Waals surface area contributed by atoms with Crippen LogP contribution in [0, 0.1) is 0 Å². The predicted octanol–water partition coefficient (Wildman–Crippen LogP) is 6.74. The van der Waals surface area contributed by atoms with Gasteiger partial charge in [0.15, 0.2) is 0 Å². The zero-order valence-corrected chi connectivity index (χ0v) is 19.6. The van der Waals surface area contributed by atoms with Crippen LogP contribution in [0.3, 0.4) is 0 Å². The number of ether oxygens (including phenoxy) is 1. The number of hydrogen-bond donors (Lipinski definition) is 2. The van der Waals surface area contributed by atoms with E-state index in [-0.39, 0.29) is 24.8 Å². The predicted molar refractivity (Wildman–Crippen MR) is 120 cm³/mol. The van der Waals surface area contributed by atoms with Crippen molar-refractivity contribution < 1.29 is 18.6 Å². The largest absolute Gasteiger partial charge is 0.463 e. The minimum absolute atomic E-state index is 0. The molecule has 0 amide bonds. The van der Waals surface area contributed by atoms with Crippen LogP contribution in [0.1, 0.15) is 96.8 Å². The lowest BCUT2D eigenvalue weighted by Crippen LogP contribution is -2.20. The molecule has 0 saturated carbocycles. The van der Waals surface area contributed by atoms with Gasteiger partial charge in [-0.1, -0.05) is 96.2 Å². The van der Waals surface area contributed by atoms with Crippen LogP contribution in [0.5, 0.6) is 0 Å². The van der Waals surface area contributed by atoms with E-state index in [4.69, 9.17) is 25.6 Å². The molecule has 8 heteroatoms. The first-order chi connectivity index (χ1) is 12.5. The Kier molecular flexibility index (Phi) is 17.5. The third-order valence-electron chi connectivity index (χ3n) is 4.62. The molecule has 0 bridgehead atoms. The fourth-order valence-corrected chi connectivity index (χ4v) is 5.11. The van der Waals surface area contributed by atoms with Gasteiger partial charge in [0, 0.05) is 6.42 Å². The molecule has 162 valence electrons. The number of carbonyl (C=O) groups excluding carboxylic acids is 1. The number of rotatable bonds is 16. The third kappa shape index (κ3) is 15.9. The maximum atomic E-state index is 11.7. The van der Waals surface area contributed by atoms with E-state index in [1.165, 1.54) is 70.6 Å². The molecule has 0 aromatic rings. The van der Waals surface area contributed by atoms with E-state index in [2.05, 4.69) is 19.2 Å². The normalized spacial score (nSPS) is 21.8. The highest BCUT2D eigenvalue weighted by atomic mass is 32.9. The summed E-state index contributed by atoms with van der Waals surface area (Å²) in [5, 5.41) is 0. The van der Waals surface area contributed by atoms with Crippen molar-refractivity contribution >= 4 is 35.7 Å². The molecule has 1 fully saturated rings. The SMILES string of the molecule is CCCCCCCCCCCCCCCC(=O)OCC1COP(=S)(S)O1.N. The average molecular weight is 442 g/mol. The first kappa shape index (κ1) is 27.4. The van der Waals surface area contributed by atoms with E-state index >= 15 is 0 Å². The number of unbranched alkanes of at least 4 members (excludes halogenated alkanes) is 12. The Hall–Kier alpha value is 0.350. The second-order valence-corrected chi connectivity index (χ2v) is 12.4. The van der Waals surface area contributed by atoms with Crippen molar-refractivity contribution in [2.75, 3.05) is 13.2 Å². The van der Waals surface area contributed by atoms with Gasteiger partial charge in [-0.25, -0.2) is 0 Å². The highest BCUT2D eigenvalue weighted by Gasteiger charge is 2.30. The molecule has 3 N–H and O–H groups in total. The van der Waals surface area contributed by atoms with Gasteiger partial charge in [-0.3, -0.25) is 4.79 Å². The average Bonchev–Trinajstić information content (AvgIpc) is 2.96. The van der Waals surface area contributed by atoms with Crippen LogP contribution in [0.25, 0.3) is 0 Å². The third-order valence-corrected chi connectivity index (χ3v) is 6.86. The van der Waals surface area contributed by atoms with E-state index in [1.807, 2.05) is 0 Å². The second-order valence-electron chi connectivity index (χ2n) is 7.17. The first-order valence-electron chi connectivity index (χ1n) is 10.3. The van der Waals surface area contributed by atoms with Crippen LogP contribution in [0.4, 0.5) is 0 Å². The molecule has 2 atom stereocenters. The summed E-state index contributed by atoms with van der Waals surface area (Å²) in [6.07, 6.45) is 17.1. The fourth-order valence-electron chi connectivity index (χ4n) is 3.05. The quantitative estimate of drug-likeness (QED) is 0.119. The minimum atomic E-state index is -2.37. The van der Waals surface area contributed by atoms with Gasteiger partial charge in [-0.2, -0.15) is 0 Å². The van der Waals surface area contributed by atoms with Crippen molar-refractivity contribution in [2.45, 2.75) is 103 Å². The summed E-state index contributed by atoms with van der Waals surface area (Å²) in [6.45, 7) is 2.85. The van der Waals surface area contributed by atoms with E-state index in [0.717, 1.165) is 12.8 Å². The standard InChI is InChI=1S/C19H37O4PS2.H3N/c1-2-3-4-5-6-7-8-9-10-11-12-13-14-15-19(20)21-16-18-17-22-24(25,26)23-18;/h18H,2-17H2,1H3,(H,25,26);1H3. The summed E-state index contributed by atoms with van der Waals surface area (Å²) in [7, 11) is 0. The van der Waals surface area contributed by atoms with Crippen LogP contribution in [0.2, 0.25) is 0 Å². The van der Waals surface area contributed by atoms with Gasteiger partial charge < -0.3 is 19.9 Å². The molecule has 0 aliphatic carbocycles. The fraction of sp³-hybridized carbons (Fsp3) is 0.947.